The van der Waals surface area contributed by atoms with Gasteiger partial charge in [0.25, 0.3) is 0 Å². The van der Waals surface area contributed by atoms with Gasteiger partial charge in [0.15, 0.2) is 0 Å². The summed E-state index contributed by atoms with van der Waals surface area (Å²) in [5.41, 5.74) is 3.25. The van der Waals surface area contributed by atoms with E-state index in [2.05, 4.69) is 17.3 Å². The molecule has 2 amide bonds. The number of hydrazine groups is 1. The van der Waals surface area contributed by atoms with Crippen LogP contribution in [0.2, 0.25) is 0 Å². The number of carbonyl (C=O) groups is 2. The van der Waals surface area contributed by atoms with Crippen molar-refractivity contribution >= 4 is 17.6 Å². The van der Waals surface area contributed by atoms with E-state index in [1.165, 1.54) is 4.90 Å². The Morgan fingerprint density at radius 3 is 2.60 bits per heavy atom. The number of pyridine rings is 1. The summed E-state index contributed by atoms with van der Waals surface area (Å²) in [5, 5.41) is 0. The predicted octanol–water partition coefficient (Wildman–Crippen LogP) is 0.898. The highest BCUT2D eigenvalue weighted by molar-refractivity contribution is 6.05. The SMILES string of the molecule is CC1CC2C(=O)N(Cc3cccnc3NN)C(=O)C2C1. The number of rotatable bonds is 3. The van der Waals surface area contributed by atoms with E-state index in [0.717, 1.165) is 18.4 Å². The number of nitrogens with zero attached hydrogens (tertiary/aromatic N) is 2. The summed E-state index contributed by atoms with van der Waals surface area (Å²) in [6.45, 7) is 2.34. The van der Waals surface area contributed by atoms with E-state index < -0.39 is 0 Å². The van der Waals surface area contributed by atoms with Gasteiger partial charge in [0.05, 0.1) is 18.4 Å². The Kier molecular flexibility index (Phi) is 3.17. The number of imide groups is 1. The Labute approximate surface area is 117 Å². The van der Waals surface area contributed by atoms with Crippen LogP contribution in [0.1, 0.15) is 25.3 Å². The van der Waals surface area contributed by atoms with Crippen LogP contribution in [0.25, 0.3) is 0 Å². The second-order valence-corrected chi connectivity index (χ2v) is 5.71. The smallest absolute Gasteiger partial charge is 0.233 e. The molecular weight excluding hydrogens is 256 g/mol. The lowest BCUT2D eigenvalue weighted by molar-refractivity contribution is -0.141. The zero-order chi connectivity index (χ0) is 14.3. The van der Waals surface area contributed by atoms with Crippen LogP contribution in [0.3, 0.4) is 0 Å². The van der Waals surface area contributed by atoms with Crippen molar-refractivity contribution in [3.05, 3.63) is 23.9 Å². The number of nitrogens with two attached hydrogens (primary N) is 1. The summed E-state index contributed by atoms with van der Waals surface area (Å²) in [6, 6.07) is 3.59. The molecule has 2 atom stereocenters. The van der Waals surface area contributed by atoms with Crippen molar-refractivity contribution in [2.45, 2.75) is 26.3 Å². The number of carbonyl (C=O) groups excluding carboxylic acids is 2. The van der Waals surface area contributed by atoms with Crippen LogP contribution in [0.15, 0.2) is 18.3 Å². The van der Waals surface area contributed by atoms with Gasteiger partial charge in [-0.2, -0.15) is 0 Å². The molecule has 3 N–H and O–H groups in total. The zero-order valence-electron chi connectivity index (χ0n) is 11.4. The topological polar surface area (TPSA) is 88.3 Å². The van der Waals surface area contributed by atoms with Crippen molar-refractivity contribution in [2.24, 2.45) is 23.6 Å². The van der Waals surface area contributed by atoms with Crippen LogP contribution in [0, 0.1) is 17.8 Å². The molecule has 0 spiro atoms. The van der Waals surface area contributed by atoms with Crippen LogP contribution in [-0.4, -0.2) is 21.7 Å². The highest BCUT2D eigenvalue weighted by Crippen LogP contribution is 2.43. The molecule has 1 aromatic rings. The predicted molar refractivity (Wildman–Crippen MR) is 73.0 cm³/mol. The van der Waals surface area contributed by atoms with Gasteiger partial charge in [0.1, 0.15) is 5.82 Å². The number of likely N-dealkylation sites (tertiary alicyclic amines) is 1. The lowest BCUT2D eigenvalue weighted by Crippen LogP contribution is -2.32. The third-order valence-corrected chi connectivity index (χ3v) is 4.32. The molecule has 20 heavy (non-hydrogen) atoms. The minimum atomic E-state index is -0.122. The number of anilines is 1. The van der Waals surface area contributed by atoms with Gasteiger partial charge in [-0.15, -0.1) is 0 Å². The molecule has 6 heteroatoms. The highest BCUT2D eigenvalue weighted by Gasteiger charge is 2.51. The second-order valence-electron chi connectivity index (χ2n) is 5.71. The number of fused-ring (bicyclic) bond motifs is 1. The monoisotopic (exact) mass is 274 g/mol. The van der Waals surface area contributed by atoms with Crippen molar-refractivity contribution in [1.29, 1.82) is 0 Å². The second kappa shape index (κ2) is 4.86. The molecule has 2 fully saturated rings. The quantitative estimate of drug-likeness (QED) is 0.485. The van der Waals surface area contributed by atoms with Crippen molar-refractivity contribution in [1.82, 2.24) is 9.88 Å². The van der Waals surface area contributed by atoms with Gasteiger partial charge in [-0.25, -0.2) is 10.8 Å². The Bertz CT molecular complexity index is 536. The summed E-state index contributed by atoms with van der Waals surface area (Å²) in [6.07, 6.45) is 3.25. The lowest BCUT2D eigenvalue weighted by atomic mass is 10.00. The summed E-state index contributed by atoms with van der Waals surface area (Å²) in [5.74, 6) is 6.03. The number of nitrogen functional groups attached to an aromatic ring is 1. The maximum Gasteiger partial charge on any atom is 0.233 e. The normalized spacial score (nSPS) is 28.9. The highest BCUT2D eigenvalue weighted by atomic mass is 16.2. The van der Waals surface area contributed by atoms with Crippen LogP contribution >= 0.6 is 0 Å². The molecule has 106 valence electrons. The molecule has 2 heterocycles. The maximum absolute atomic E-state index is 12.4. The molecule has 0 aromatic carbocycles. The van der Waals surface area contributed by atoms with E-state index in [1.807, 2.05) is 6.07 Å². The first-order chi connectivity index (χ1) is 9.61. The van der Waals surface area contributed by atoms with Crippen LogP contribution < -0.4 is 11.3 Å². The van der Waals surface area contributed by atoms with E-state index in [0.29, 0.717) is 11.7 Å². The molecule has 1 saturated carbocycles. The molecule has 1 aliphatic heterocycles. The largest absolute Gasteiger partial charge is 0.308 e. The standard InChI is InChI=1S/C14H18N4O2/c1-8-5-10-11(6-8)14(20)18(13(10)19)7-9-3-2-4-16-12(9)17-15/h2-4,8,10-11H,5-7,15H2,1H3,(H,16,17). The molecule has 0 bridgehead atoms. The molecule has 0 radical (unpaired) electrons. The number of nitrogens with one attached hydrogen (secondary N) is 1. The first-order valence-electron chi connectivity index (χ1n) is 6.87. The van der Waals surface area contributed by atoms with E-state index in [9.17, 15) is 9.59 Å². The fraction of sp³-hybridized carbons (Fsp3) is 0.500. The van der Waals surface area contributed by atoms with E-state index in [4.69, 9.17) is 5.84 Å². The van der Waals surface area contributed by atoms with Crippen molar-refractivity contribution in [3.8, 4) is 0 Å². The van der Waals surface area contributed by atoms with Gasteiger partial charge in [-0.1, -0.05) is 13.0 Å². The first-order valence-corrected chi connectivity index (χ1v) is 6.87. The van der Waals surface area contributed by atoms with Gasteiger partial charge in [-0.05, 0) is 24.8 Å². The molecular formula is C14H18N4O2. The molecule has 2 unspecified atom stereocenters. The van der Waals surface area contributed by atoms with Gasteiger partial charge in [0, 0.05) is 11.8 Å². The van der Waals surface area contributed by atoms with Crippen molar-refractivity contribution in [2.75, 3.05) is 5.43 Å². The third-order valence-electron chi connectivity index (χ3n) is 4.32. The fourth-order valence-corrected chi connectivity index (χ4v) is 3.37. The van der Waals surface area contributed by atoms with E-state index in [1.54, 1.807) is 12.3 Å². The Hall–Kier alpha value is -1.95. The zero-order valence-corrected chi connectivity index (χ0v) is 11.4. The lowest BCUT2D eigenvalue weighted by Gasteiger charge is -2.18. The average molecular weight is 274 g/mol. The van der Waals surface area contributed by atoms with Crippen molar-refractivity contribution < 1.29 is 9.59 Å². The summed E-state index contributed by atoms with van der Waals surface area (Å²) < 4.78 is 0. The molecule has 2 aliphatic rings. The average Bonchev–Trinajstić information content (AvgIpc) is 2.93. The van der Waals surface area contributed by atoms with Crippen LogP contribution in [0.5, 0.6) is 0 Å². The number of hydrogen-bond donors (Lipinski definition) is 2. The minimum Gasteiger partial charge on any atom is -0.308 e. The van der Waals surface area contributed by atoms with Gasteiger partial charge < -0.3 is 5.43 Å². The minimum absolute atomic E-state index is 0.0452. The first kappa shape index (κ1) is 13.1. The van der Waals surface area contributed by atoms with Crippen LogP contribution in [-0.2, 0) is 16.1 Å². The third kappa shape index (κ3) is 1.96. The number of aromatic nitrogens is 1. The van der Waals surface area contributed by atoms with E-state index in [-0.39, 0.29) is 30.2 Å². The summed E-state index contributed by atoms with van der Waals surface area (Å²) in [7, 11) is 0. The summed E-state index contributed by atoms with van der Waals surface area (Å²) >= 11 is 0. The summed E-state index contributed by atoms with van der Waals surface area (Å²) in [4.78, 5) is 30.2. The molecule has 1 aromatic heterocycles. The molecule has 1 saturated heterocycles. The van der Waals surface area contributed by atoms with Gasteiger partial charge in [-0.3, -0.25) is 14.5 Å². The van der Waals surface area contributed by atoms with Crippen molar-refractivity contribution in [3.63, 3.8) is 0 Å². The van der Waals surface area contributed by atoms with E-state index >= 15 is 0 Å². The molecule has 3 rings (SSSR count). The fourth-order valence-electron chi connectivity index (χ4n) is 3.37. The Balaban J connectivity index is 1.82. The molecule has 1 aliphatic carbocycles. The van der Waals surface area contributed by atoms with Gasteiger partial charge in [0.2, 0.25) is 11.8 Å². The Morgan fingerprint density at radius 2 is 2.00 bits per heavy atom. The van der Waals surface area contributed by atoms with Gasteiger partial charge >= 0.3 is 0 Å². The Morgan fingerprint density at radius 1 is 1.35 bits per heavy atom. The number of hydrogen-bond acceptors (Lipinski definition) is 5. The molecule has 6 nitrogen and oxygen atoms in total. The number of amides is 2. The van der Waals surface area contributed by atoms with Crippen LogP contribution in [0.4, 0.5) is 5.82 Å². The maximum atomic E-state index is 12.4.